The van der Waals surface area contributed by atoms with Crippen LogP contribution >= 0.6 is 15.9 Å². The van der Waals surface area contributed by atoms with Gasteiger partial charge in [0.15, 0.2) is 11.5 Å². The fraction of sp³-hybridized carbons (Fsp3) is 0.357. The number of ether oxygens (including phenoxy) is 2. The second-order valence-corrected chi connectivity index (χ2v) is 5.71. The quantitative estimate of drug-likeness (QED) is 0.809. The van der Waals surface area contributed by atoms with Crippen LogP contribution in [0.3, 0.4) is 0 Å². The molecule has 2 aliphatic rings. The standard InChI is InChI=1S/C14H15BrN2O3/c15-10-6-12-13(20-4-3-19-12)7-11(10)17-14(18)8-1-2-9(16)5-8/h1-2,6-9H,3-5,16H2,(H,17,18). The Hall–Kier alpha value is -1.53. The normalized spacial score (nSPS) is 23.7. The van der Waals surface area contributed by atoms with Gasteiger partial charge in [0.25, 0.3) is 0 Å². The summed E-state index contributed by atoms with van der Waals surface area (Å²) < 4.78 is 11.8. The Labute approximate surface area is 125 Å². The highest BCUT2D eigenvalue weighted by Gasteiger charge is 2.24. The Morgan fingerprint density at radius 1 is 1.25 bits per heavy atom. The van der Waals surface area contributed by atoms with Crippen LogP contribution in [0.25, 0.3) is 0 Å². The monoisotopic (exact) mass is 338 g/mol. The number of hydrogen-bond acceptors (Lipinski definition) is 4. The lowest BCUT2D eigenvalue weighted by molar-refractivity contribution is -0.118. The average molecular weight is 339 g/mol. The summed E-state index contributed by atoms with van der Waals surface area (Å²) in [6.45, 7) is 1.05. The lowest BCUT2D eigenvalue weighted by Gasteiger charge is -2.20. The van der Waals surface area contributed by atoms with E-state index in [0.717, 1.165) is 4.47 Å². The van der Waals surface area contributed by atoms with Gasteiger partial charge in [-0.15, -0.1) is 0 Å². The number of halogens is 1. The van der Waals surface area contributed by atoms with Crippen LogP contribution in [-0.4, -0.2) is 25.2 Å². The van der Waals surface area contributed by atoms with E-state index < -0.39 is 0 Å². The molecule has 0 saturated carbocycles. The summed E-state index contributed by atoms with van der Waals surface area (Å²) in [5, 5.41) is 2.89. The number of anilines is 1. The molecule has 0 fully saturated rings. The van der Waals surface area contributed by atoms with Crippen LogP contribution in [0.1, 0.15) is 6.42 Å². The molecule has 0 bridgehead atoms. The predicted octanol–water partition coefficient (Wildman–Crippen LogP) is 2.06. The predicted molar refractivity (Wildman–Crippen MR) is 79.0 cm³/mol. The summed E-state index contributed by atoms with van der Waals surface area (Å²) >= 11 is 3.43. The molecule has 1 aromatic carbocycles. The van der Waals surface area contributed by atoms with Gasteiger partial charge in [-0.05, 0) is 22.4 Å². The van der Waals surface area contributed by atoms with Gasteiger partial charge in [0, 0.05) is 22.6 Å². The molecule has 6 heteroatoms. The molecule has 0 saturated heterocycles. The fourth-order valence-corrected chi connectivity index (χ4v) is 2.73. The van der Waals surface area contributed by atoms with E-state index in [9.17, 15) is 4.79 Å². The zero-order valence-electron chi connectivity index (χ0n) is 10.8. The first-order chi connectivity index (χ1) is 9.63. The van der Waals surface area contributed by atoms with Gasteiger partial charge in [0.05, 0.1) is 11.6 Å². The van der Waals surface area contributed by atoms with Crippen molar-refractivity contribution in [3.63, 3.8) is 0 Å². The Kier molecular flexibility index (Phi) is 3.67. The molecule has 1 heterocycles. The maximum absolute atomic E-state index is 12.2. The first-order valence-corrected chi connectivity index (χ1v) is 7.26. The van der Waals surface area contributed by atoms with E-state index in [2.05, 4.69) is 21.2 Å². The zero-order valence-corrected chi connectivity index (χ0v) is 12.4. The smallest absolute Gasteiger partial charge is 0.231 e. The number of rotatable bonds is 2. The number of nitrogens with one attached hydrogen (secondary N) is 1. The van der Waals surface area contributed by atoms with Crippen LogP contribution in [0.4, 0.5) is 5.69 Å². The summed E-state index contributed by atoms with van der Waals surface area (Å²) in [6.07, 6.45) is 4.36. The first-order valence-electron chi connectivity index (χ1n) is 6.47. The van der Waals surface area contributed by atoms with Crippen LogP contribution in [0.5, 0.6) is 11.5 Å². The van der Waals surface area contributed by atoms with Crippen molar-refractivity contribution in [1.29, 1.82) is 0 Å². The number of nitrogens with two attached hydrogens (primary N) is 1. The Morgan fingerprint density at radius 2 is 1.95 bits per heavy atom. The topological polar surface area (TPSA) is 73.6 Å². The minimum atomic E-state index is -0.176. The molecule has 1 aromatic rings. The molecule has 2 atom stereocenters. The molecular weight excluding hydrogens is 324 g/mol. The Morgan fingerprint density at radius 3 is 2.60 bits per heavy atom. The van der Waals surface area contributed by atoms with Crippen molar-refractivity contribution >= 4 is 27.5 Å². The van der Waals surface area contributed by atoms with Crippen molar-refractivity contribution in [1.82, 2.24) is 0 Å². The van der Waals surface area contributed by atoms with Gasteiger partial charge in [-0.2, -0.15) is 0 Å². The second-order valence-electron chi connectivity index (χ2n) is 4.86. The fourth-order valence-electron chi connectivity index (χ4n) is 2.31. The minimum absolute atomic E-state index is 0.0329. The molecule has 106 valence electrons. The summed E-state index contributed by atoms with van der Waals surface area (Å²) in [5.41, 5.74) is 6.44. The molecule has 3 N–H and O–H groups in total. The van der Waals surface area contributed by atoms with Gasteiger partial charge in [-0.3, -0.25) is 4.79 Å². The lowest BCUT2D eigenvalue weighted by Crippen LogP contribution is -2.24. The molecule has 3 rings (SSSR count). The SMILES string of the molecule is NC1C=CC(C(=O)Nc2cc3c(cc2Br)OCCO3)C1. The van der Waals surface area contributed by atoms with Gasteiger partial charge in [0.2, 0.25) is 5.91 Å². The Bertz CT molecular complexity index is 574. The van der Waals surface area contributed by atoms with Crippen molar-refractivity contribution in [2.75, 3.05) is 18.5 Å². The van der Waals surface area contributed by atoms with Gasteiger partial charge in [0.1, 0.15) is 13.2 Å². The molecule has 0 spiro atoms. The van der Waals surface area contributed by atoms with E-state index in [1.807, 2.05) is 12.2 Å². The van der Waals surface area contributed by atoms with Crippen LogP contribution in [-0.2, 0) is 4.79 Å². The van der Waals surface area contributed by atoms with Crippen LogP contribution in [0, 0.1) is 5.92 Å². The third kappa shape index (κ3) is 2.66. The first kappa shape index (κ1) is 13.5. The molecule has 5 nitrogen and oxygen atoms in total. The van der Waals surface area contributed by atoms with Crippen molar-refractivity contribution in [2.45, 2.75) is 12.5 Å². The van der Waals surface area contributed by atoms with Crippen LogP contribution in [0.2, 0.25) is 0 Å². The summed E-state index contributed by atoms with van der Waals surface area (Å²) in [5.74, 6) is 1.09. The third-order valence-electron chi connectivity index (χ3n) is 3.34. The molecule has 0 aromatic heterocycles. The molecule has 0 radical (unpaired) electrons. The third-order valence-corrected chi connectivity index (χ3v) is 4.00. The highest BCUT2D eigenvalue weighted by atomic mass is 79.9. The van der Waals surface area contributed by atoms with Gasteiger partial charge in [-0.25, -0.2) is 0 Å². The number of carbonyl (C=O) groups excluding carboxylic acids is 1. The van der Waals surface area contributed by atoms with Crippen molar-refractivity contribution < 1.29 is 14.3 Å². The molecular formula is C14H15BrN2O3. The number of hydrogen-bond donors (Lipinski definition) is 2. The molecule has 1 amide bonds. The van der Waals surface area contributed by atoms with E-state index in [0.29, 0.717) is 36.8 Å². The molecule has 20 heavy (non-hydrogen) atoms. The van der Waals surface area contributed by atoms with Crippen molar-refractivity contribution in [3.05, 3.63) is 28.8 Å². The minimum Gasteiger partial charge on any atom is -0.486 e. The maximum atomic E-state index is 12.2. The van der Waals surface area contributed by atoms with E-state index in [1.54, 1.807) is 12.1 Å². The molecule has 1 aliphatic carbocycles. The van der Waals surface area contributed by atoms with Crippen molar-refractivity contribution in [2.24, 2.45) is 11.7 Å². The highest BCUT2D eigenvalue weighted by molar-refractivity contribution is 9.10. The zero-order chi connectivity index (χ0) is 14.1. The van der Waals surface area contributed by atoms with Crippen molar-refractivity contribution in [3.8, 4) is 11.5 Å². The average Bonchev–Trinajstić information content (AvgIpc) is 2.86. The summed E-state index contributed by atoms with van der Waals surface area (Å²) in [6, 6.07) is 3.55. The van der Waals surface area contributed by atoms with E-state index in [4.69, 9.17) is 15.2 Å². The van der Waals surface area contributed by atoms with E-state index in [1.165, 1.54) is 0 Å². The van der Waals surface area contributed by atoms with Gasteiger partial charge >= 0.3 is 0 Å². The maximum Gasteiger partial charge on any atom is 0.231 e. The molecule has 1 aliphatic heterocycles. The summed E-state index contributed by atoms with van der Waals surface area (Å²) in [7, 11) is 0. The second kappa shape index (κ2) is 5.46. The van der Waals surface area contributed by atoms with Gasteiger partial charge < -0.3 is 20.5 Å². The van der Waals surface area contributed by atoms with Gasteiger partial charge in [-0.1, -0.05) is 12.2 Å². The van der Waals surface area contributed by atoms with Crippen LogP contribution in [0.15, 0.2) is 28.8 Å². The largest absolute Gasteiger partial charge is 0.486 e. The highest BCUT2D eigenvalue weighted by Crippen LogP contribution is 2.38. The Balaban J connectivity index is 1.77. The number of benzene rings is 1. The van der Waals surface area contributed by atoms with E-state index >= 15 is 0 Å². The lowest BCUT2D eigenvalue weighted by atomic mass is 10.1. The number of fused-ring (bicyclic) bond motifs is 1. The van der Waals surface area contributed by atoms with E-state index in [-0.39, 0.29) is 17.9 Å². The van der Waals surface area contributed by atoms with Crippen LogP contribution < -0.4 is 20.5 Å². The number of carbonyl (C=O) groups is 1. The summed E-state index contributed by atoms with van der Waals surface area (Å²) in [4.78, 5) is 12.2. The number of amides is 1. The molecule has 2 unspecified atom stereocenters.